The summed E-state index contributed by atoms with van der Waals surface area (Å²) in [6.07, 6.45) is 8.66. The lowest BCUT2D eigenvalue weighted by Gasteiger charge is -2.37. The van der Waals surface area contributed by atoms with E-state index in [9.17, 15) is 4.79 Å². The molecule has 2 aliphatic rings. The summed E-state index contributed by atoms with van der Waals surface area (Å²) in [5.41, 5.74) is 1.97. The van der Waals surface area contributed by atoms with Crippen molar-refractivity contribution in [1.29, 1.82) is 0 Å². The van der Waals surface area contributed by atoms with Crippen LogP contribution in [0.15, 0.2) is 18.5 Å². The van der Waals surface area contributed by atoms with E-state index in [4.69, 9.17) is 0 Å². The Bertz CT molecular complexity index is 875. The lowest BCUT2D eigenvalue weighted by atomic mass is 10.1. The van der Waals surface area contributed by atoms with E-state index in [1.165, 1.54) is 34.7 Å². The molecule has 0 bridgehead atoms. The van der Waals surface area contributed by atoms with Gasteiger partial charge >= 0.3 is 6.03 Å². The highest BCUT2D eigenvalue weighted by molar-refractivity contribution is 7.99. The molecule has 0 radical (unpaired) electrons. The van der Waals surface area contributed by atoms with Crippen molar-refractivity contribution in [1.82, 2.24) is 19.4 Å². The fourth-order valence-corrected chi connectivity index (χ4v) is 5.99. The number of hydrogen-bond acceptors (Lipinski definition) is 6. The second-order valence-corrected chi connectivity index (χ2v) is 10.7. The zero-order valence-electron chi connectivity index (χ0n) is 18.2. The zero-order valence-corrected chi connectivity index (χ0v) is 19.9. The second kappa shape index (κ2) is 9.20. The molecule has 2 fully saturated rings. The first-order valence-corrected chi connectivity index (χ1v) is 12.3. The molecule has 164 valence electrons. The van der Waals surface area contributed by atoms with E-state index in [0.717, 1.165) is 37.3 Å². The van der Waals surface area contributed by atoms with Gasteiger partial charge in [0.05, 0.1) is 35.7 Å². The summed E-state index contributed by atoms with van der Waals surface area (Å²) in [5.74, 6) is 1.10. The number of rotatable bonds is 7. The molecule has 1 saturated heterocycles. The topological polar surface area (TPSA) is 65.4 Å². The summed E-state index contributed by atoms with van der Waals surface area (Å²) in [7, 11) is 4.07. The van der Waals surface area contributed by atoms with Crippen molar-refractivity contribution in [2.75, 3.05) is 29.8 Å². The van der Waals surface area contributed by atoms with E-state index in [1.807, 2.05) is 30.8 Å². The first kappa shape index (κ1) is 21.5. The third kappa shape index (κ3) is 5.12. The van der Waals surface area contributed by atoms with E-state index >= 15 is 0 Å². The number of aromatic nitrogens is 2. The van der Waals surface area contributed by atoms with Crippen molar-refractivity contribution in [2.24, 2.45) is 7.05 Å². The monoisotopic (exact) mass is 448 g/mol. The Labute approximate surface area is 187 Å². The van der Waals surface area contributed by atoms with E-state index in [-0.39, 0.29) is 6.03 Å². The maximum Gasteiger partial charge on any atom is 0.330 e. The largest absolute Gasteiger partial charge is 0.330 e. The van der Waals surface area contributed by atoms with Crippen LogP contribution in [-0.4, -0.2) is 46.9 Å². The molecule has 1 saturated carbocycles. The number of nitrogens with zero attached hydrogens (tertiary/aromatic N) is 4. The van der Waals surface area contributed by atoms with Gasteiger partial charge in [-0.3, -0.25) is 13.7 Å². The highest BCUT2D eigenvalue weighted by Crippen LogP contribution is 2.47. The van der Waals surface area contributed by atoms with Crippen LogP contribution in [0.1, 0.15) is 61.1 Å². The SMILES string of the molecule is CC(C)c1sc(C2CC2)cc1NC(=O)NSN(c1cnn(C)c1)C1CCCN(C)C1. The second-order valence-electron chi connectivity index (χ2n) is 8.76. The van der Waals surface area contributed by atoms with E-state index in [2.05, 4.69) is 51.3 Å². The number of carbonyl (C=O) groups is 1. The minimum atomic E-state index is -0.180. The molecule has 7 nitrogen and oxygen atoms in total. The summed E-state index contributed by atoms with van der Waals surface area (Å²) in [5, 5.41) is 7.42. The molecule has 2 aromatic rings. The van der Waals surface area contributed by atoms with Gasteiger partial charge in [-0.2, -0.15) is 5.10 Å². The molecule has 2 aromatic heterocycles. The number of hydrogen-bond donors (Lipinski definition) is 2. The third-order valence-electron chi connectivity index (χ3n) is 5.65. The summed E-state index contributed by atoms with van der Waals surface area (Å²) >= 11 is 3.21. The molecule has 1 atom stereocenters. The number of urea groups is 1. The lowest BCUT2D eigenvalue weighted by molar-refractivity contribution is 0.253. The van der Waals surface area contributed by atoms with Crippen LogP contribution < -0.4 is 14.3 Å². The van der Waals surface area contributed by atoms with Crippen molar-refractivity contribution in [2.45, 2.75) is 57.4 Å². The number of anilines is 2. The van der Waals surface area contributed by atoms with Crippen LogP contribution in [0, 0.1) is 0 Å². The number of thiophene rings is 1. The minimum absolute atomic E-state index is 0.180. The van der Waals surface area contributed by atoms with Gasteiger partial charge in [0.2, 0.25) is 0 Å². The number of likely N-dealkylation sites (tertiary alicyclic amines) is 1. The van der Waals surface area contributed by atoms with E-state index < -0.39 is 0 Å². The number of piperidine rings is 1. The average Bonchev–Trinajstić information content (AvgIpc) is 3.33. The number of aryl methyl sites for hydroxylation is 1. The molecule has 1 aliphatic carbocycles. The Balaban J connectivity index is 1.42. The van der Waals surface area contributed by atoms with Crippen molar-refractivity contribution >= 4 is 40.9 Å². The molecular weight excluding hydrogens is 416 g/mol. The standard InChI is InChI=1S/C21H32N6OS2/c1-14(2)20-18(10-19(29-20)15-7-8-15)23-21(28)24-30-27(17-11-22-26(4)13-17)16-6-5-9-25(3)12-16/h10-11,13-16H,5-9,12H2,1-4H3,(H2,23,24,28). The van der Waals surface area contributed by atoms with Crippen LogP contribution >= 0.6 is 23.5 Å². The zero-order chi connectivity index (χ0) is 21.3. The Kier molecular flexibility index (Phi) is 6.60. The first-order valence-electron chi connectivity index (χ1n) is 10.7. The minimum Gasteiger partial charge on any atom is -0.306 e. The van der Waals surface area contributed by atoms with Gasteiger partial charge in [-0.05, 0) is 57.2 Å². The van der Waals surface area contributed by atoms with Crippen LogP contribution in [0.4, 0.5) is 16.2 Å². The first-order chi connectivity index (χ1) is 14.4. The lowest BCUT2D eigenvalue weighted by Crippen LogP contribution is -2.45. The Morgan fingerprint density at radius 2 is 2.13 bits per heavy atom. The summed E-state index contributed by atoms with van der Waals surface area (Å²) in [6, 6.07) is 2.32. The van der Waals surface area contributed by atoms with Gasteiger partial charge in [-0.1, -0.05) is 13.8 Å². The van der Waals surface area contributed by atoms with Gasteiger partial charge in [-0.25, -0.2) is 4.79 Å². The molecule has 9 heteroatoms. The van der Waals surface area contributed by atoms with Gasteiger partial charge in [-0.15, -0.1) is 11.3 Å². The molecule has 1 unspecified atom stereocenters. The van der Waals surface area contributed by atoms with Gasteiger partial charge in [0.1, 0.15) is 0 Å². The van der Waals surface area contributed by atoms with Gasteiger partial charge in [0, 0.05) is 29.5 Å². The summed E-state index contributed by atoms with van der Waals surface area (Å²) in [4.78, 5) is 17.8. The molecule has 2 amide bonds. The number of likely N-dealkylation sites (N-methyl/N-ethyl adjacent to an activating group) is 1. The Morgan fingerprint density at radius 1 is 1.33 bits per heavy atom. The molecule has 30 heavy (non-hydrogen) atoms. The predicted molar refractivity (Wildman–Crippen MR) is 126 cm³/mol. The molecule has 1 aliphatic heterocycles. The maximum absolute atomic E-state index is 12.8. The van der Waals surface area contributed by atoms with Crippen LogP contribution in [0.2, 0.25) is 0 Å². The number of amides is 2. The smallest absolute Gasteiger partial charge is 0.306 e. The average molecular weight is 449 g/mol. The molecule has 0 aromatic carbocycles. The quantitative estimate of drug-likeness (QED) is 0.598. The number of carbonyl (C=O) groups excluding carboxylic acids is 1. The predicted octanol–water partition coefficient (Wildman–Crippen LogP) is 4.77. The maximum atomic E-state index is 12.8. The molecule has 3 heterocycles. The summed E-state index contributed by atoms with van der Waals surface area (Å²) < 4.78 is 7.00. The Hall–Kier alpha value is -1.71. The van der Waals surface area contributed by atoms with E-state index in [1.54, 1.807) is 4.68 Å². The van der Waals surface area contributed by atoms with Crippen molar-refractivity contribution < 1.29 is 4.79 Å². The fraction of sp³-hybridized carbons (Fsp3) is 0.619. The van der Waals surface area contributed by atoms with Crippen LogP contribution in [0.3, 0.4) is 0 Å². The van der Waals surface area contributed by atoms with Gasteiger partial charge < -0.3 is 10.2 Å². The van der Waals surface area contributed by atoms with Crippen molar-refractivity contribution in [3.8, 4) is 0 Å². The third-order valence-corrected chi connectivity index (χ3v) is 8.23. The van der Waals surface area contributed by atoms with Crippen LogP contribution in [0.25, 0.3) is 0 Å². The summed E-state index contributed by atoms with van der Waals surface area (Å²) in [6.45, 7) is 6.46. The van der Waals surface area contributed by atoms with Gasteiger partial charge in [0.25, 0.3) is 0 Å². The molecular formula is C21H32N6OS2. The highest BCUT2D eigenvalue weighted by Gasteiger charge is 2.29. The van der Waals surface area contributed by atoms with Gasteiger partial charge in [0.15, 0.2) is 0 Å². The molecule has 2 N–H and O–H groups in total. The molecule has 4 rings (SSSR count). The van der Waals surface area contributed by atoms with Crippen molar-refractivity contribution in [3.05, 3.63) is 28.2 Å². The van der Waals surface area contributed by atoms with Crippen molar-refractivity contribution in [3.63, 3.8) is 0 Å². The fourth-order valence-electron chi connectivity index (χ4n) is 3.95. The van der Waals surface area contributed by atoms with Crippen LogP contribution in [0.5, 0.6) is 0 Å². The normalized spacial score (nSPS) is 19.8. The van der Waals surface area contributed by atoms with Crippen LogP contribution in [-0.2, 0) is 7.05 Å². The highest BCUT2D eigenvalue weighted by atomic mass is 32.2. The number of nitrogens with one attached hydrogen (secondary N) is 2. The van der Waals surface area contributed by atoms with E-state index in [0.29, 0.717) is 17.9 Å². The Morgan fingerprint density at radius 3 is 2.77 bits per heavy atom. The molecule has 0 spiro atoms.